The highest BCUT2D eigenvalue weighted by atomic mass is 19.1. The number of hydrogen-bond donors (Lipinski definition) is 3. The third kappa shape index (κ3) is 4.01. The Morgan fingerprint density at radius 2 is 1.71 bits per heavy atom. The SMILES string of the molecule is COc1cc2nc(NCc3c(F)cccc3F)nc(Nc3ccc4[nH]ncc4c3)c2cc1OC. The number of nitrogens with one attached hydrogen (secondary N) is 3. The van der Waals surface area contributed by atoms with Gasteiger partial charge in [0.25, 0.3) is 0 Å². The Kier molecular flexibility index (Phi) is 5.54. The van der Waals surface area contributed by atoms with E-state index in [1.165, 1.54) is 25.3 Å². The molecule has 0 spiro atoms. The molecule has 0 unspecified atom stereocenters. The molecule has 0 amide bonds. The Labute approximate surface area is 192 Å². The van der Waals surface area contributed by atoms with Gasteiger partial charge in [-0.15, -0.1) is 0 Å². The number of anilines is 3. The van der Waals surface area contributed by atoms with E-state index < -0.39 is 11.6 Å². The molecule has 2 heterocycles. The molecular formula is C24H20F2N6O2. The molecule has 2 aromatic heterocycles. The fourth-order valence-corrected chi connectivity index (χ4v) is 3.66. The Hall–Kier alpha value is -4.47. The largest absolute Gasteiger partial charge is 0.493 e. The molecule has 5 aromatic rings. The van der Waals surface area contributed by atoms with Crippen LogP contribution in [0, 0.1) is 11.6 Å². The van der Waals surface area contributed by atoms with Crippen LogP contribution < -0.4 is 20.1 Å². The fourth-order valence-electron chi connectivity index (χ4n) is 3.66. The summed E-state index contributed by atoms with van der Waals surface area (Å²) in [4.78, 5) is 9.09. The Morgan fingerprint density at radius 1 is 0.941 bits per heavy atom. The predicted molar refractivity (Wildman–Crippen MR) is 126 cm³/mol. The van der Waals surface area contributed by atoms with E-state index in [9.17, 15) is 8.78 Å². The van der Waals surface area contributed by atoms with Gasteiger partial charge in [-0.1, -0.05) is 6.07 Å². The number of fused-ring (bicyclic) bond motifs is 2. The summed E-state index contributed by atoms with van der Waals surface area (Å²) in [6.07, 6.45) is 1.72. The molecule has 34 heavy (non-hydrogen) atoms. The molecule has 0 saturated carbocycles. The molecule has 0 saturated heterocycles. The number of hydrogen-bond acceptors (Lipinski definition) is 7. The van der Waals surface area contributed by atoms with Crippen molar-refractivity contribution in [3.63, 3.8) is 0 Å². The van der Waals surface area contributed by atoms with E-state index >= 15 is 0 Å². The first kappa shape index (κ1) is 21.4. The standard InChI is InChI=1S/C24H20F2N6O2/c1-33-21-9-15-20(10-22(21)34-2)30-24(27-12-16-17(25)4-3-5-18(16)26)31-23(15)29-14-6-7-19-13(8-14)11-28-32-19/h3-11H,12H2,1-2H3,(H,28,32)(H2,27,29,30,31). The maximum atomic E-state index is 14.1. The van der Waals surface area contributed by atoms with Crippen molar-refractivity contribution in [2.45, 2.75) is 6.54 Å². The highest BCUT2D eigenvalue weighted by Crippen LogP contribution is 2.35. The van der Waals surface area contributed by atoms with E-state index in [-0.39, 0.29) is 18.1 Å². The second-order valence-electron chi connectivity index (χ2n) is 7.47. The average Bonchev–Trinajstić information content (AvgIpc) is 3.31. The van der Waals surface area contributed by atoms with Gasteiger partial charge in [-0.05, 0) is 36.4 Å². The number of ether oxygens (including phenoxy) is 2. The number of rotatable bonds is 7. The van der Waals surface area contributed by atoms with Crippen molar-refractivity contribution in [2.24, 2.45) is 0 Å². The lowest BCUT2D eigenvalue weighted by atomic mass is 10.2. The lowest BCUT2D eigenvalue weighted by Crippen LogP contribution is -2.09. The Balaban J connectivity index is 1.57. The predicted octanol–water partition coefficient (Wildman–Crippen LogP) is 5.16. The lowest BCUT2D eigenvalue weighted by Gasteiger charge is -2.15. The third-order valence-corrected chi connectivity index (χ3v) is 5.39. The molecule has 3 N–H and O–H groups in total. The van der Waals surface area contributed by atoms with E-state index in [0.29, 0.717) is 28.2 Å². The molecule has 0 fully saturated rings. The minimum Gasteiger partial charge on any atom is -0.493 e. The van der Waals surface area contributed by atoms with Crippen LogP contribution in [0.25, 0.3) is 21.8 Å². The summed E-state index contributed by atoms with van der Waals surface area (Å²) in [6, 6.07) is 12.9. The molecule has 10 heteroatoms. The molecule has 0 bridgehead atoms. The van der Waals surface area contributed by atoms with Gasteiger partial charge in [0.15, 0.2) is 11.5 Å². The summed E-state index contributed by atoms with van der Waals surface area (Å²) in [5.74, 6) is 0.379. The lowest BCUT2D eigenvalue weighted by molar-refractivity contribution is 0.356. The van der Waals surface area contributed by atoms with Gasteiger partial charge in [0.1, 0.15) is 17.5 Å². The topological polar surface area (TPSA) is 97.0 Å². The summed E-state index contributed by atoms with van der Waals surface area (Å²) in [7, 11) is 3.08. The first-order chi connectivity index (χ1) is 16.6. The van der Waals surface area contributed by atoms with Crippen molar-refractivity contribution in [1.82, 2.24) is 20.2 Å². The van der Waals surface area contributed by atoms with E-state index in [1.807, 2.05) is 18.2 Å². The van der Waals surface area contributed by atoms with Crippen LogP contribution >= 0.6 is 0 Å². The van der Waals surface area contributed by atoms with Crippen LogP contribution in [0.2, 0.25) is 0 Å². The van der Waals surface area contributed by atoms with Crippen molar-refractivity contribution in [3.05, 3.63) is 71.9 Å². The maximum absolute atomic E-state index is 14.1. The number of aromatic nitrogens is 4. The summed E-state index contributed by atoms with van der Waals surface area (Å²) in [6.45, 7) is -0.127. The second-order valence-corrected chi connectivity index (χ2v) is 7.47. The quantitative estimate of drug-likeness (QED) is 0.308. The van der Waals surface area contributed by atoms with Crippen molar-refractivity contribution in [2.75, 3.05) is 24.9 Å². The zero-order valence-electron chi connectivity index (χ0n) is 18.3. The van der Waals surface area contributed by atoms with Gasteiger partial charge in [-0.25, -0.2) is 13.8 Å². The number of H-pyrrole nitrogens is 1. The molecule has 172 valence electrons. The van der Waals surface area contributed by atoms with Gasteiger partial charge >= 0.3 is 0 Å². The molecule has 5 rings (SSSR count). The van der Waals surface area contributed by atoms with Crippen LogP contribution in [0.3, 0.4) is 0 Å². The zero-order valence-corrected chi connectivity index (χ0v) is 18.3. The molecule has 8 nitrogen and oxygen atoms in total. The highest BCUT2D eigenvalue weighted by Gasteiger charge is 2.15. The number of aromatic amines is 1. The molecule has 0 atom stereocenters. The fraction of sp³-hybridized carbons (Fsp3) is 0.125. The van der Waals surface area contributed by atoms with Crippen LogP contribution in [0.4, 0.5) is 26.2 Å². The van der Waals surface area contributed by atoms with Crippen LogP contribution in [-0.2, 0) is 6.54 Å². The van der Waals surface area contributed by atoms with Gasteiger partial charge in [-0.3, -0.25) is 5.10 Å². The zero-order chi connectivity index (χ0) is 23.7. The van der Waals surface area contributed by atoms with E-state index in [2.05, 4.69) is 30.8 Å². The van der Waals surface area contributed by atoms with Crippen LogP contribution in [0.5, 0.6) is 11.5 Å². The first-order valence-corrected chi connectivity index (χ1v) is 10.4. The van der Waals surface area contributed by atoms with Gasteiger partial charge in [0.2, 0.25) is 5.95 Å². The monoisotopic (exact) mass is 462 g/mol. The first-order valence-electron chi connectivity index (χ1n) is 10.4. The third-order valence-electron chi connectivity index (χ3n) is 5.39. The second kappa shape index (κ2) is 8.81. The smallest absolute Gasteiger partial charge is 0.225 e. The summed E-state index contributed by atoms with van der Waals surface area (Å²) in [5, 5.41) is 14.8. The minimum atomic E-state index is -0.647. The van der Waals surface area contributed by atoms with Crippen LogP contribution in [0.15, 0.2) is 54.7 Å². The van der Waals surface area contributed by atoms with Crippen LogP contribution in [0.1, 0.15) is 5.56 Å². The molecule has 3 aromatic carbocycles. The average molecular weight is 462 g/mol. The van der Waals surface area contributed by atoms with Crippen molar-refractivity contribution in [3.8, 4) is 11.5 Å². The van der Waals surface area contributed by atoms with Crippen LogP contribution in [-0.4, -0.2) is 34.4 Å². The molecule has 0 aliphatic carbocycles. The van der Waals surface area contributed by atoms with Crippen molar-refractivity contribution < 1.29 is 18.3 Å². The number of benzene rings is 3. The van der Waals surface area contributed by atoms with Gasteiger partial charge < -0.3 is 20.1 Å². The van der Waals surface area contributed by atoms with E-state index in [0.717, 1.165) is 16.6 Å². The minimum absolute atomic E-state index is 0.0987. The van der Waals surface area contributed by atoms with E-state index in [1.54, 1.807) is 25.4 Å². The van der Waals surface area contributed by atoms with Gasteiger partial charge in [0.05, 0.1) is 31.4 Å². The Bertz CT molecular complexity index is 1480. The highest BCUT2D eigenvalue weighted by molar-refractivity contribution is 5.95. The van der Waals surface area contributed by atoms with Crippen molar-refractivity contribution >= 4 is 39.3 Å². The van der Waals surface area contributed by atoms with E-state index in [4.69, 9.17) is 9.47 Å². The maximum Gasteiger partial charge on any atom is 0.225 e. The molecular weight excluding hydrogens is 442 g/mol. The Morgan fingerprint density at radius 3 is 2.47 bits per heavy atom. The molecule has 0 aliphatic rings. The number of halogens is 2. The van der Waals surface area contributed by atoms with Crippen molar-refractivity contribution in [1.29, 1.82) is 0 Å². The molecule has 0 aliphatic heterocycles. The number of nitrogens with zero attached hydrogens (tertiary/aromatic N) is 3. The molecule has 0 radical (unpaired) electrons. The number of methoxy groups -OCH3 is 2. The van der Waals surface area contributed by atoms with Gasteiger partial charge in [-0.2, -0.15) is 10.1 Å². The summed E-state index contributed by atoms with van der Waals surface area (Å²) < 4.78 is 39.0. The van der Waals surface area contributed by atoms with Gasteiger partial charge in [0, 0.05) is 34.6 Å². The summed E-state index contributed by atoms with van der Waals surface area (Å²) >= 11 is 0. The normalized spacial score (nSPS) is 11.1. The summed E-state index contributed by atoms with van der Waals surface area (Å²) in [5.41, 5.74) is 2.13.